The molecule has 0 saturated heterocycles. The Kier molecular flexibility index (Phi) is 5.52. The van der Waals surface area contributed by atoms with Crippen LogP contribution in [0.5, 0.6) is 11.5 Å². The van der Waals surface area contributed by atoms with Gasteiger partial charge in [-0.2, -0.15) is 0 Å². The zero-order valence-electron chi connectivity index (χ0n) is 12.4. The summed E-state index contributed by atoms with van der Waals surface area (Å²) in [6, 6.07) is 6.05. The smallest absolute Gasteiger partial charge is 0.122 e. The molecule has 0 aliphatic carbocycles. The van der Waals surface area contributed by atoms with Crippen molar-refractivity contribution in [1.29, 1.82) is 0 Å². The first kappa shape index (κ1) is 14.9. The van der Waals surface area contributed by atoms with E-state index in [1.165, 1.54) is 31.2 Å². The third-order valence-electron chi connectivity index (χ3n) is 3.54. The Balaban J connectivity index is 2.96. The summed E-state index contributed by atoms with van der Waals surface area (Å²) in [6.07, 6.45) is 4.97. The largest absolute Gasteiger partial charge is 0.497 e. The van der Waals surface area contributed by atoms with Crippen molar-refractivity contribution in [1.82, 2.24) is 0 Å². The van der Waals surface area contributed by atoms with Crippen LogP contribution in [0.3, 0.4) is 0 Å². The summed E-state index contributed by atoms with van der Waals surface area (Å²) in [7, 11) is 3.43. The molecule has 0 amide bonds. The normalized spacial score (nSPS) is 11.4. The molecule has 0 aromatic heterocycles. The fourth-order valence-corrected chi connectivity index (χ4v) is 2.29. The van der Waals surface area contributed by atoms with Gasteiger partial charge < -0.3 is 9.47 Å². The highest BCUT2D eigenvalue weighted by Gasteiger charge is 2.24. The second-order valence-electron chi connectivity index (χ2n) is 5.41. The standard InChI is InChI=1S/C16H26O2/c1-6-7-8-11-16(2,3)14-12-13(17-4)9-10-15(14)18-5/h9-10,12H,6-8,11H2,1-5H3. The molecule has 0 aliphatic heterocycles. The topological polar surface area (TPSA) is 18.5 Å². The van der Waals surface area contributed by atoms with Crippen LogP contribution in [0, 0.1) is 0 Å². The van der Waals surface area contributed by atoms with Crippen molar-refractivity contribution in [2.45, 2.75) is 51.9 Å². The molecule has 0 heterocycles. The van der Waals surface area contributed by atoms with Gasteiger partial charge in [-0.05, 0) is 30.0 Å². The predicted molar refractivity (Wildman–Crippen MR) is 76.7 cm³/mol. The summed E-state index contributed by atoms with van der Waals surface area (Å²) in [6.45, 7) is 6.79. The van der Waals surface area contributed by atoms with Crippen LogP contribution in [-0.4, -0.2) is 14.2 Å². The third kappa shape index (κ3) is 3.66. The summed E-state index contributed by atoms with van der Waals surface area (Å²) in [5.74, 6) is 1.85. The van der Waals surface area contributed by atoms with E-state index in [2.05, 4.69) is 26.8 Å². The lowest BCUT2D eigenvalue weighted by Gasteiger charge is -2.27. The van der Waals surface area contributed by atoms with Gasteiger partial charge in [-0.1, -0.05) is 40.0 Å². The first-order valence-corrected chi connectivity index (χ1v) is 6.77. The molecule has 1 aromatic carbocycles. The molecule has 0 atom stereocenters. The van der Waals surface area contributed by atoms with E-state index in [0.717, 1.165) is 11.5 Å². The highest BCUT2D eigenvalue weighted by molar-refractivity contribution is 5.44. The van der Waals surface area contributed by atoms with Gasteiger partial charge in [-0.15, -0.1) is 0 Å². The van der Waals surface area contributed by atoms with E-state index in [0.29, 0.717) is 0 Å². The average molecular weight is 250 g/mol. The minimum atomic E-state index is 0.120. The summed E-state index contributed by atoms with van der Waals surface area (Å²) < 4.78 is 10.8. The molecule has 0 fully saturated rings. The summed E-state index contributed by atoms with van der Waals surface area (Å²) >= 11 is 0. The molecule has 1 aromatic rings. The molecule has 2 nitrogen and oxygen atoms in total. The Morgan fingerprint density at radius 3 is 2.33 bits per heavy atom. The number of benzene rings is 1. The van der Waals surface area contributed by atoms with Gasteiger partial charge >= 0.3 is 0 Å². The van der Waals surface area contributed by atoms with Crippen molar-refractivity contribution < 1.29 is 9.47 Å². The molecular weight excluding hydrogens is 224 g/mol. The SMILES string of the molecule is CCCCCC(C)(C)c1cc(OC)ccc1OC. The number of ether oxygens (including phenoxy) is 2. The number of hydrogen-bond acceptors (Lipinski definition) is 2. The van der Waals surface area contributed by atoms with Gasteiger partial charge in [0.2, 0.25) is 0 Å². The van der Waals surface area contributed by atoms with E-state index in [1.54, 1.807) is 14.2 Å². The molecule has 1 rings (SSSR count). The van der Waals surface area contributed by atoms with Gasteiger partial charge in [-0.3, -0.25) is 0 Å². The highest BCUT2D eigenvalue weighted by atomic mass is 16.5. The van der Waals surface area contributed by atoms with Crippen molar-refractivity contribution >= 4 is 0 Å². The second kappa shape index (κ2) is 6.67. The van der Waals surface area contributed by atoms with Crippen molar-refractivity contribution in [2.24, 2.45) is 0 Å². The summed E-state index contributed by atoms with van der Waals surface area (Å²) in [5, 5.41) is 0. The molecule has 2 heteroatoms. The fraction of sp³-hybridized carbons (Fsp3) is 0.625. The van der Waals surface area contributed by atoms with Crippen molar-refractivity contribution in [2.75, 3.05) is 14.2 Å². The predicted octanol–water partition coefficient (Wildman–Crippen LogP) is 4.56. The summed E-state index contributed by atoms with van der Waals surface area (Å²) in [5.41, 5.74) is 1.36. The molecule has 0 unspecified atom stereocenters. The van der Waals surface area contributed by atoms with Crippen LogP contribution in [0.15, 0.2) is 18.2 Å². The van der Waals surface area contributed by atoms with Gasteiger partial charge in [-0.25, -0.2) is 0 Å². The number of rotatable bonds is 7. The Hall–Kier alpha value is -1.18. The van der Waals surface area contributed by atoms with E-state index in [9.17, 15) is 0 Å². The highest BCUT2D eigenvalue weighted by Crippen LogP contribution is 2.37. The molecule has 102 valence electrons. The maximum atomic E-state index is 5.48. The van der Waals surface area contributed by atoms with Crippen LogP contribution in [-0.2, 0) is 5.41 Å². The van der Waals surface area contributed by atoms with Crippen molar-refractivity contribution in [3.8, 4) is 11.5 Å². The Bertz CT molecular complexity index is 369. The molecule has 0 spiro atoms. The third-order valence-corrected chi connectivity index (χ3v) is 3.54. The Labute approximate surface area is 111 Å². The minimum absolute atomic E-state index is 0.120. The molecule has 0 aliphatic rings. The van der Waals surface area contributed by atoms with Crippen molar-refractivity contribution in [3.63, 3.8) is 0 Å². The maximum Gasteiger partial charge on any atom is 0.122 e. The lowest BCUT2D eigenvalue weighted by atomic mass is 9.79. The van der Waals surface area contributed by atoms with E-state index < -0.39 is 0 Å². The second-order valence-corrected chi connectivity index (χ2v) is 5.41. The first-order valence-electron chi connectivity index (χ1n) is 6.77. The quantitative estimate of drug-likeness (QED) is 0.660. The first-order chi connectivity index (χ1) is 8.55. The number of methoxy groups -OCH3 is 2. The molecule has 0 saturated carbocycles. The lowest BCUT2D eigenvalue weighted by molar-refractivity contribution is 0.372. The van der Waals surface area contributed by atoms with E-state index >= 15 is 0 Å². The zero-order valence-corrected chi connectivity index (χ0v) is 12.4. The molecule has 0 bridgehead atoms. The van der Waals surface area contributed by atoms with Crippen LogP contribution in [0.25, 0.3) is 0 Å². The van der Waals surface area contributed by atoms with Gasteiger partial charge in [0.1, 0.15) is 11.5 Å². The van der Waals surface area contributed by atoms with Crippen LogP contribution in [0.4, 0.5) is 0 Å². The van der Waals surface area contributed by atoms with Gasteiger partial charge in [0.05, 0.1) is 14.2 Å². The summed E-state index contributed by atoms with van der Waals surface area (Å²) in [4.78, 5) is 0. The molecule has 0 N–H and O–H groups in total. The van der Waals surface area contributed by atoms with Gasteiger partial charge in [0.25, 0.3) is 0 Å². The maximum absolute atomic E-state index is 5.48. The zero-order chi connectivity index (χ0) is 13.6. The molecule has 18 heavy (non-hydrogen) atoms. The van der Waals surface area contributed by atoms with Crippen LogP contribution >= 0.6 is 0 Å². The van der Waals surface area contributed by atoms with E-state index in [-0.39, 0.29) is 5.41 Å². The Morgan fingerprint density at radius 2 is 1.78 bits per heavy atom. The fourth-order valence-electron chi connectivity index (χ4n) is 2.29. The molecule has 0 radical (unpaired) electrons. The van der Waals surface area contributed by atoms with E-state index in [4.69, 9.17) is 9.47 Å². The van der Waals surface area contributed by atoms with Crippen molar-refractivity contribution in [3.05, 3.63) is 23.8 Å². The Morgan fingerprint density at radius 1 is 1.06 bits per heavy atom. The average Bonchev–Trinajstić information content (AvgIpc) is 2.38. The van der Waals surface area contributed by atoms with Crippen LogP contribution in [0.2, 0.25) is 0 Å². The minimum Gasteiger partial charge on any atom is -0.497 e. The van der Waals surface area contributed by atoms with E-state index in [1.807, 2.05) is 12.1 Å². The monoisotopic (exact) mass is 250 g/mol. The number of unbranched alkanes of at least 4 members (excludes halogenated alkanes) is 2. The molecular formula is C16H26O2. The van der Waals surface area contributed by atoms with Crippen LogP contribution < -0.4 is 9.47 Å². The van der Waals surface area contributed by atoms with Crippen LogP contribution in [0.1, 0.15) is 52.0 Å². The number of hydrogen-bond donors (Lipinski definition) is 0. The lowest BCUT2D eigenvalue weighted by Crippen LogP contribution is -2.18. The van der Waals surface area contributed by atoms with Gasteiger partial charge in [0.15, 0.2) is 0 Å². The van der Waals surface area contributed by atoms with Gasteiger partial charge in [0, 0.05) is 5.56 Å².